The molecule has 0 amide bonds. The Bertz CT molecular complexity index is 603. The second-order valence-corrected chi connectivity index (χ2v) is 6.06. The molecule has 0 aliphatic rings. The molecule has 0 aliphatic carbocycles. The number of halogens is 2. The summed E-state index contributed by atoms with van der Waals surface area (Å²) in [4.78, 5) is 12.5. The van der Waals surface area contributed by atoms with Crippen LogP contribution in [0.15, 0.2) is 28.9 Å². The summed E-state index contributed by atoms with van der Waals surface area (Å²) in [6.45, 7) is 2.75. The van der Waals surface area contributed by atoms with Crippen molar-refractivity contribution in [1.29, 1.82) is 0 Å². The van der Waals surface area contributed by atoms with E-state index in [1.807, 2.05) is 11.6 Å². The smallest absolute Gasteiger partial charge is 0.195 e. The van der Waals surface area contributed by atoms with Gasteiger partial charge in [0, 0.05) is 6.54 Å². The standard InChI is InChI=1S/C12H10BrClN2OS/c1-2-16-9(8(13)7-15-16)3-4-10(17)11-5-6-12(14)18-11/h3-7H,2H2,1H3/b4-3+. The van der Waals surface area contributed by atoms with E-state index in [2.05, 4.69) is 21.0 Å². The first-order chi connectivity index (χ1) is 8.61. The minimum absolute atomic E-state index is 0.0531. The van der Waals surface area contributed by atoms with Gasteiger partial charge in [-0.1, -0.05) is 11.6 Å². The summed E-state index contributed by atoms with van der Waals surface area (Å²) in [5.41, 5.74) is 0.883. The fourth-order valence-electron chi connectivity index (χ4n) is 1.47. The third-order valence-electron chi connectivity index (χ3n) is 2.34. The summed E-state index contributed by atoms with van der Waals surface area (Å²) in [6.07, 6.45) is 5.02. The molecule has 2 aromatic heterocycles. The first-order valence-corrected chi connectivity index (χ1v) is 7.29. The lowest BCUT2D eigenvalue weighted by atomic mass is 10.2. The number of ketones is 1. The highest BCUT2D eigenvalue weighted by Gasteiger charge is 2.07. The molecule has 6 heteroatoms. The van der Waals surface area contributed by atoms with Crippen LogP contribution in [0.1, 0.15) is 22.3 Å². The third-order valence-corrected chi connectivity index (χ3v) is 4.20. The van der Waals surface area contributed by atoms with Crippen molar-refractivity contribution < 1.29 is 4.79 Å². The second kappa shape index (κ2) is 5.82. The molecule has 2 heterocycles. The number of hydrogen-bond acceptors (Lipinski definition) is 3. The average Bonchev–Trinajstić information content (AvgIpc) is 2.93. The first-order valence-electron chi connectivity index (χ1n) is 5.31. The van der Waals surface area contributed by atoms with Gasteiger partial charge in [0.1, 0.15) is 0 Å². The molecule has 0 atom stereocenters. The molecule has 0 saturated heterocycles. The van der Waals surface area contributed by atoms with Crippen LogP contribution < -0.4 is 0 Å². The number of nitrogens with zero attached hydrogens (tertiary/aromatic N) is 2. The Kier molecular flexibility index (Phi) is 4.37. The summed E-state index contributed by atoms with van der Waals surface area (Å²) in [7, 11) is 0. The highest BCUT2D eigenvalue weighted by molar-refractivity contribution is 9.10. The van der Waals surface area contributed by atoms with Crippen molar-refractivity contribution >= 4 is 50.7 Å². The van der Waals surface area contributed by atoms with E-state index >= 15 is 0 Å². The van der Waals surface area contributed by atoms with Gasteiger partial charge in [0.2, 0.25) is 0 Å². The molecule has 0 fully saturated rings. The lowest BCUT2D eigenvalue weighted by Gasteiger charge is -1.99. The maximum absolute atomic E-state index is 11.9. The largest absolute Gasteiger partial charge is 0.288 e. The fraction of sp³-hybridized carbons (Fsp3) is 0.167. The lowest BCUT2D eigenvalue weighted by molar-refractivity contribution is 0.105. The summed E-state index contributed by atoms with van der Waals surface area (Å²) in [5.74, 6) is -0.0531. The van der Waals surface area contributed by atoms with Crippen LogP contribution in [0.25, 0.3) is 6.08 Å². The van der Waals surface area contributed by atoms with Crippen LogP contribution in [0.3, 0.4) is 0 Å². The van der Waals surface area contributed by atoms with Gasteiger partial charge in [0.05, 0.1) is 25.6 Å². The molecular weight excluding hydrogens is 336 g/mol. The normalized spacial score (nSPS) is 11.3. The Hall–Kier alpha value is -0.910. The molecule has 0 bridgehead atoms. The molecule has 0 spiro atoms. The Morgan fingerprint density at radius 3 is 3.00 bits per heavy atom. The van der Waals surface area contributed by atoms with Gasteiger partial charge in [-0.25, -0.2) is 0 Å². The number of carbonyl (C=O) groups is 1. The van der Waals surface area contributed by atoms with E-state index in [1.165, 1.54) is 17.4 Å². The van der Waals surface area contributed by atoms with Gasteiger partial charge in [-0.05, 0) is 47.1 Å². The zero-order chi connectivity index (χ0) is 13.1. The summed E-state index contributed by atoms with van der Waals surface area (Å²) >= 11 is 10.5. The molecule has 0 saturated carbocycles. The van der Waals surface area contributed by atoms with Crippen LogP contribution in [0.2, 0.25) is 4.34 Å². The maximum Gasteiger partial charge on any atom is 0.195 e. The molecule has 0 aliphatic heterocycles. The fourth-order valence-corrected chi connectivity index (χ4v) is 2.86. The van der Waals surface area contributed by atoms with Crippen molar-refractivity contribution in [3.05, 3.63) is 43.8 Å². The van der Waals surface area contributed by atoms with Crippen LogP contribution in [0.5, 0.6) is 0 Å². The quantitative estimate of drug-likeness (QED) is 0.612. The predicted octanol–water partition coefficient (Wildman–Crippen LogP) is 4.28. The van der Waals surface area contributed by atoms with E-state index in [-0.39, 0.29) is 5.78 Å². The molecule has 0 N–H and O–H groups in total. The van der Waals surface area contributed by atoms with Gasteiger partial charge in [-0.3, -0.25) is 9.48 Å². The van der Waals surface area contributed by atoms with E-state index in [4.69, 9.17) is 11.6 Å². The van der Waals surface area contributed by atoms with Crippen molar-refractivity contribution in [2.45, 2.75) is 13.5 Å². The Morgan fingerprint density at radius 2 is 2.39 bits per heavy atom. The van der Waals surface area contributed by atoms with E-state index in [1.54, 1.807) is 24.4 Å². The third kappa shape index (κ3) is 2.91. The van der Waals surface area contributed by atoms with Crippen LogP contribution in [0.4, 0.5) is 0 Å². The van der Waals surface area contributed by atoms with Crippen LogP contribution in [-0.4, -0.2) is 15.6 Å². The lowest BCUT2D eigenvalue weighted by Crippen LogP contribution is -1.99. The van der Waals surface area contributed by atoms with E-state index < -0.39 is 0 Å². The summed E-state index contributed by atoms with van der Waals surface area (Å²) in [5, 5.41) is 4.18. The number of thiophene rings is 1. The zero-order valence-corrected chi connectivity index (χ0v) is 12.7. The second-order valence-electron chi connectivity index (χ2n) is 3.49. The van der Waals surface area contributed by atoms with Crippen molar-refractivity contribution in [3.8, 4) is 0 Å². The minimum atomic E-state index is -0.0531. The number of hydrogen-bond donors (Lipinski definition) is 0. The number of aryl methyl sites for hydroxylation is 1. The van der Waals surface area contributed by atoms with E-state index in [9.17, 15) is 4.79 Å². The van der Waals surface area contributed by atoms with Gasteiger partial charge < -0.3 is 0 Å². The highest BCUT2D eigenvalue weighted by Crippen LogP contribution is 2.23. The summed E-state index contributed by atoms with van der Waals surface area (Å²) in [6, 6.07) is 3.45. The van der Waals surface area contributed by atoms with Gasteiger partial charge in [-0.2, -0.15) is 5.10 Å². The van der Waals surface area contributed by atoms with Crippen molar-refractivity contribution in [1.82, 2.24) is 9.78 Å². The molecule has 0 radical (unpaired) electrons. The maximum atomic E-state index is 11.9. The van der Waals surface area contributed by atoms with Crippen molar-refractivity contribution in [2.24, 2.45) is 0 Å². The van der Waals surface area contributed by atoms with Crippen molar-refractivity contribution in [3.63, 3.8) is 0 Å². The molecule has 0 unspecified atom stereocenters. The van der Waals surface area contributed by atoms with Gasteiger partial charge in [0.25, 0.3) is 0 Å². The SMILES string of the molecule is CCn1ncc(Br)c1/C=C/C(=O)c1ccc(Cl)s1. The van der Waals surface area contributed by atoms with E-state index in [0.29, 0.717) is 9.21 Å². The zero-order valence-electron chi connectivity index (χ0n) is 9.56. The van der Waals surface area contributed by atoms with Gasteiger partial charge in [-0.15, -0.1) is 11.3 Å². The highest BCUT2D eigenvalue weighted by atomic mass is 79.9. The van der Waals surface area contributed by atoms with Crippen molar-refractivity contribution in [2.75, 3.05) is 0 Å². The number of rotatable bonds is 4. The average molecular weight is 346 g/mol. The molecular formula is C12H10BrClN2OS. The Labute approximate surface area is 122 Å². The molecule has 3 nitrogen and oxygen atoms in total. The molecule has 94 valence electrons. The first kappa shape index (κ1) is 13.5. The van der Waals surface area contributed by atoms with Gasteiger partial charge in [0.15, 0.2) is 5.78 Å². The number of allylic oxidation sites excluding steroid dienone is 1. The predicted molar refractivity (Wildman–Crippen MR) is 78.3 cm³/mol. The number of carbonyl (C=O) groups excluding carboxylic acids is 1. The van der Waals surface area contributed by atoms with Crippen LogP contribution >= 0.6 is 38.9 Å². The molecule has 2 rings (SSSR count). The molecule has 0 aromatic carbocycles. The van der Waals surface area contributed by atoms with Crippen LogP contribution in [-0.2, 0) is 6.54 Å². The Balaban J connectivity index is 2.20. The van der Waals surface area contributed by atoms with E-state index in [0.717, 1.165) is 16.7 Å². The minimum Gasteiger partial charge on any atom is -0.288 e. The topological polar surface area (TPSA) is 34.9 Å². The molecule has 2 aromatic rings. The van der Waals surface area contributed by atoms with Crippen LogP contribution in [0, 0.1) is 0 Å². The monoisotopic (exact) mass is 344 g/mol. The number of aromatic nitrogens is 2. The molecule has 18 heavy (non-hydrogen) atoms. The summed E-state index contributed by atoms with van der Waals surface area (Å²) < 4.78 is 3.30. The van der Waals surface area contributed by atoms with Gasteiger partial charge >= 0.3 is 0 Å². The Morgan fingerprint density at radius 1 is 1.61 bits per heavy atom.